The van der Waals surface area contributed by atoms with Crippen LogP contribution in [0.2, 0.25) is 0 Å². The lowest BCUT2D eigenvalue weighted by Gasteiger charge is -2.02. The van der Waals surface area contributed by atoms with Crippen molar-refractivity contribution in [3.63, 3.8) is 0 Å². The van der Waals surface area contributed by atoms with E-state index in [1.165, 1.54) is 0 Å². The van der Waals surface area contributed by atoms with Crippen molar-refractivity contribution in [1.29, 1.82) is 0 Å². The molecule has 0 aromatic rings. The molecule has 0 N–H and O–H groups in total. The van der Waals surface area contributed by atoms with Gasteiger partial charge in [0.25, 0.3) is 0 Å². The fraction of sp³-hybridized carbons (Fsp3) is 0.333. The van der Waals surface area contributed by atoms with Crippen molar-refractivity contribution in [3.05, 3.63) is 0 Å². The van der Waals surface area contributed by atoms with Crippen molar-refractivity contribution in [2.45, 2.75) is 5.51 Å². The Kier molecular flexibility index (Phi) is 2.17. The SMILES string of the molecule is C#COS(=O)(=O)C(F)(F)F. The summed E-state index contributed by atoms with van der Waals surface area (Å²) in [4.78, 5) is 0. The average Bonchev–Trinajstić information content (AvgIpc) is 1.61. The normalized spacial score (nSPS) is 12.2. The Balaban J connectivity index is 4.65. The molecule has 3 nitrogen and oxygen atoms in total. The van der Waals surface area contributed by atoms with Crippen LogP contribution in [0.1, 0.15) is 0 Å². The van der Waals surface area contributed by atoms with Crippen LogP contribution >= 0.6 is 0 Å². The topological polar surface area (TPSA) is 43.4 Å². The highest BCUT2D eigenvalue weighted by Crippen LogP contribution is 2.23. The van der Waals surface area contributed by atoms with Gasteiger partial charge in [0.1, 0.15) is 6.11 Å². The van der Waals surface area contributed by atoms with E-state index in [-0.39, 0.29) is 0 Å². The molecule has 10 heavy (non-hydrogen) atoms. The van der Waals surface area contributed by atoms with Gasteiger partial charge in [-0.1, -0.05) is 6.42 Å². The first-order valence-electron chi connectivity index (χ1n) is 1.76. The molecular weight excluding hydrogens is 173 g/mol. The Labute approximate surface area is 54.9 Å². The molecule has 0 fully saturated rings. The zero-order valence-electron chi connectivity index (χ0n) is 4.34. The molecule has 7 heteroatoms. The maximum absolute atomic E-state index is 11.2. The molecule has 58 valence electrons. The first-order chi connectivity index (χ1) is 4.31. The number of halogens is 3. The summed E-state index contributed by atoms with van der Waals surface area (Å²) >= 11 is 0. The molecule has 0 aromatic heterocycles. The number of hydrogen-bond acceptors (Lipinski definition) is 3. The Morgan fingerprint density at radius 1 is 1.40 bits per heavy atom. The minimum Gasteiger partial charge on any atom is -0.321 e. The van der Waals surface area contributed by atoms with Crippen molar-refractivity contribution >= 4 is 10.1 Å². The van der Waals surface area contributed by atoms with Crippen LogP contribution in [0.15, 0.2) is 0 Å². The quantitative estimate of drug-likeness (QED) is 0.329. The van der Waals surface area contributed by atoms with Crippen molar-refractivity contribution in [3.8, 4) is 12.5 Å². The lowest BCUT2D eigenvalue weighted by Crippen LogP contribution is -2.23. The van der Waals surface area contributed by atoms with Crippen LogP contribution in [0.25, 0.3) is 0 Å². The fourth-order valence-electron chi connectivity index (χ4n) is 0.111. The Morgan fingerprint density at radius 2 is 1.80 bits per heavy atom. The monoisotopic (exact) mass is 174 g/mol. The summed E-state index contributed by atoms with van der Waals surface area (Å²) in [6.45, 7) is 0. The molecule has 0 aliphatic carbocycles. The Morgan fingerprint density at radius 3 is 1.90 bits per heavy atom. The van der Waals surface area contributed by atoms with E-state index in [0.29, 0.717) is 0 Å². The molecule has 0 saturated carbocycles. The summed E-state index contributed by atoms with van der Waals surface area (Å²) in [7, 11) is -5.58. The zero-order valence-corrected chi connectivity index (χ0v) is 5.16. The fourth-order valence-corrected chi connectivity index (χ4v) is 0.332. The molecule has 0 spiro atoms. The van der Waals surface area contributed by atoms with E-state index in [1.54, 1.807) is 0 Å². The molecule has 0 bridgehead atoms. The summed E-state index contributed by atoms with van der Waals surface area (Å²) in [5, 5.41) is 0. The number of rotatable bonds is 1. The third kappa shape index (κ3) is 1.80. The molecule has 0 unspecified atom stereocenters. The highest BCUT2D eigenvalue weighted by Gasteiger charge is 2.48. The van der Waals surface area contributed by atoms with Gasteiger partial charge in [-0.3, -0.25) is 0 Å². The second kappa shape index (κ2) is 2.38. The van der Waals surface area contributed by atoms with Crippen molar-refractivity contribution in [2.24, 2.45) is 0 Å². The molecule has 0 aromatic carbocycles. The zero-order chi connectivity index (χ0) is 8.41. The second-order valence-electron chi connectivity index (χ2n) is 1.10. The molecule has 0 rings (SSSR count). The summed E-state index contributed by atoms with van der Waals surface area (Å²) < 4.78 is 56.1. The number of terminal acetylenes is 1. The van der Waals surface area contributed by atoms with Gasteiger partial charge in [0.15, 0.2) is 0 Å². The van der Waals surface area contributed by atoms with Gasteiger partial charge >= 0.3 is 15.6 Å². The molecule has 0 saturated heterocycles. The smallest absolute Gasteiger partial charge is 0.321 e. The van der Waals surface area contributed by atoms with E-state index in [9.17, 15) is 21.6 Å². The summed E-state index contributed by atoms with van der Waals surface area (Å²) in [6, 6.07) is 0. The largest absolute Gasteiger partial charge is 0.535 e. The summed E-state index contributed by atoms with van der Waals surface area (Å²) in [5.74, 6) is 0. The highest BCUT2D eigenvalue weighted by molar-refractivity contribution is 7.87. The molecule has 0 radical (unpaired) electrons. The van der Waals surface area contributed by atoms with Crippen LogP contribution in [0, 0.1) is 12.5 Å². The first kappa shape index (κ1) is 9.10. The van der Waals surface area contributed by atoms with Crippen LogP contribution in [-0.2, 0) is 14.3 Å². The van der Waals surface area contributed by atoms with Crippen LogP contribution in [0.3, 0.4) is 0 Å². The maximum Gasteiger partial charge on any atom is 0.535 e. The van der Waals surface area contributed by atoms with Gasteiger partial charge in [-0.2, -0.15) is 21.6 Å². The van der Waals surface area contributed by atoms with Gasteiger partial charge in [0.05, 0.1) is 0 Å². The van der Waals surface area contributed by atoms with Gasteiger partial charge < -0.3 is 4.18 Å². The molecule has 0 heterocycles. The van der Waals surface area contributed by atoms with E-state index in [2.05, 4.69) is 10.6 Å². The number of alkyl halides is 3. The highest BCUT2D eigenvalue weighted by atomic mass is 32.2. The molecular formula is C3HF3O3S. The van der Waals surface area contributed by atoms with Gasteiger partial charge in [0, 0.05) is 0 Å². The maximum atomic E-state index is 11.2. The lowest BCUT2D eigenvalue weighted by molar-refractivity contribution is -0.0509. The lowest BCUT2D eigenvalue weighted by atomic mass is 11.3. The molecule has 0 aliphatic heterocycles. The summed E-state index contributed by atoms with van der Waals surface area (Å²) in [5.41, 5.74) is -5.45. The van der Waals surface area contributed by atoms with E-state index in [1.807, 2.05) is 0 Å². The second-order valence-corrected chi connectivity index (χ2v) is 2.64. The minimum absolute atomic E-state index is 0.907. The summed E-state index contributed by atoms with van der Waals surface area (Å²) in [6.07, 6.45) is 5.07. The van der Waals surface area contributed by atoms with E-state index >= 15 is 0 Å². The third-order valence-electron chi connectivity index (χ3n) is 0.441. The predicted octanol–water partition coefficient (Wildman–Crippen LogP) is 0.443. The van der Waals surface area contributed by atoms with Gasteiger partial charge in [-0.25, -0.2) is 0 Å². The van der Waals surface area contributed by atoms with Gasteiger partial charge in [-0.15, -0.1) is 0 Å². The van der Waals surface area contributed by atoms with Gasteiger partial charge in [-0.05, 0) is 0 Å². The van der Waals surface area contributed by atoms with Gasteiger partial charge in [0.2, 0.25) is 0 Å². The minimum atomic E-state index is -5.58. The average molecular weight is 174 g/mol. The molecule has 0 amide bonds. The Bertz CT molecular complexity index is 243. The molecule has 0 atom stereocenters. The first-order valence-corrected chi connectivity index (χ1v) is 3.17. The van der Waals surface area contributed by atoms with Crippen LogP contribution in [0.4, 0.5) is 13.2 Å². The third-order valence-corrected chi connectivity index (χ3v) is 1.32. The van der Waals surface area contributed by atoms with Crippen LogP contribution in [0.5, 0.6) is 0 Å². The van der Waals surface area contributed by atoms with E-state index in [4.69, 9.17) is 0 Å². The standard InChI is InChI=1S/C3HF3O3S/c1-2-9-10(7,8)3(4,5)6/h1H. The van der Waals surface area contributed by atoms with Crippen LogP contribution < -0.4 is 0 Å². The van der Waals surface area contributed by atoms with Crippen molar-refractivity contribution in [2.75, 3.05) is 0 Å². The molecule has 0 aliphatic rings. The Hall–Kier alpha value is -0.900. The van der Waals surface area contributed by atoms with E-state index in [0.717, 1.165) is 6.11 Å². The predicted molar refractivity (Wildman–Crippen MR) is 24.9 cm³/mol. The van der Waals surface area contributed by atoms with Crippen LogP contribution in [-0.4, -0.2) is 13.9 Å². The van der Waals surface area contributed by atoms with Crippen molar-refractivity contribution in [1.82, 2.24) is 0 Å². The number of hydrogen-bond donors (Lipinski definition) is 0. The van der Waals surface area contributed by atoms with E-state index < -0.39 is 15.6 Å². The van der Waals surface area contributed by atoms with Crippen molar-refractivity contribution < 1.29 is 25.8 Å².